The highest BCUT2D eigenvalue weighted by Gasteiger charge is 2.39. The molecular weight excluding hydrogens is 283 g/mol. The molecule has 1 fully saturated rings. The molecule has 1 saturated heterocycles. The molecule has 0 bridgehead atoms. The average Bonchev–Trinajstić information content (AvgIpc) is 2.99. The van der Waals surface area contributed by atoms with Gasteiger partial charge in [-0.2, -0.15) is 13.2 Å². The number of hydrogen-bond donors (Lipinski definition) is 0. The molecule has 3 rings (SSSR count). The summed E-state index contributed by atoms with van der Waals surface area (Å²) in [6, 6.07) is 2.77. The van der Waals surface area contributed by atoms with E-state index in [0.29, 0.717) is 18.6 Å². The molecule has 2 heterocycles. The van der Waals surface area contributed by atoms with E-state index in [0.717, 1.165) is 12.8 Å². The minimum absolute atomic E-state index is 0.0171. The number of carbonyl (C=O) groups is 1. The largest absolute Gasteiger partial charge is 0.416 e. The van der Waals surface area contributed by atoms with Gasteiger partial charge in [0, 0.05) is 25.8 Å². The maximum Gasteiger partial charge on any atom is 0.416 e. The van der Waals surface area contributed by atoms with Crippen molar-refractivity contribution in [1.29, 1.82) is 0 Å². The van der Waals surface area contributed by atoms with Gasteiger partial charge in [0.25, 0.3) is 5.91 Å². The van der Waals surface area contributed by atoms with Crippen LogP contribution in [0.25, 0.3) is 0 Å². The molecule has 21 heavy (non-hydrogen) atoms. The second-order valence-corrected chi connectivity index (χ2v) is 5.67. The maximum absolute atomic E-state index is 13.2. The van der Waals surface area contributed by atoms with Crippen molar-refractivity contribution in [3.05, 3.63) is 34.4 Å². The Morgan fingerprint density at radius 2 is 2.14 bits per heavy atom. The molecule has 1 aromatic carbocycles. The molecule has 1 atom stereocenters. The zero-order valence-corrected chi connectivity index (χ0v) is 11.7. The molecule has 6 heteroatoms. The molecule has 1 aromatic rings. The van der Waals surface area contributed by atoms with E-state index in [1.807, 2.05) is 0 Å². The van der Waals surface area contributed by atoms with Gasteiger partial charge in [-0.1, -0.05) is 0 Å². The van der Waals surface area contributed by atoms with E-state index in [1.165, 1.54) is 18.0 Å². The van der Waals surface area contributed by atoms with E-state index in [2.05, 4.69) is 0 Å². The molecule has 0 radical (unpaired) electrons. The summed E-state index contributed by atoms with van der Waals surface area (Å²) in [5.74, 6) is -0.343. The molecule has 2 aliphatic heterocycles. The number of alkyl halides is 3. The predicted octanol–water partition coefficient (Wildman–Crippen LogP) is 3.01. The number of amides is 1. The molecule has 0 N–H and O–H groups in total. The van der Waals surface area contributed by atoms with Crippen LogP contribution in [0.15, 0.2) is 12.1 Å². The molecule has 2 aliphatic rings. The molecule has 3 nitrogen and oxygen atoms in total. The van der Waals surface area contributed by atoms with Crippen LogP contribution in [0.1, 0.15) is 39.9 Å². The minimum Gasteiger partial charge on any atom is -0.378 e. The second-order valence-electron chi connectivity index (χ2n) is 5.67. The number of fused-ring (bicyclic) bond motifs is 1. The van der Waals surface area contributed by atoms with E-state index in [9.17, 15) is 18.0 Å². The number of benzene rings is 1. The van der Waals surface area contributed by atoms with Crippen molar-refractivity contribution in [2.75, 3.05) is 13.7 Å². The monoisotopic (exact) mass is 299 g/mol. The Labute approximate surface area is 120 Å². The summed E-state index contributed by atoms with van der Waals surface area (Å²) in [5.41, 5.74) is 0.105. The van der Waals surface area contributed by atoms with Gasteiger partial charge in [-0.15, -0.1) is 0 Å². The first-order valence-electron chi connectivity index (χ1n) is 6.96. The highest BCUT2D eigenvalue weighted by atomic mass is 19.4. The zero-order chi connectivity index (χ0) is 15.2. The van der Waals surface area contributed by atoms with Crippen LogP contribution in [0.2, 0.25) is 0 Å². The topological polar surface area (TPSA) is 29.5 Å². The first kappa shape index (κ1) is 14.4. The first-order valence-corrected chi connectivity index (χ1v) is 6.96. The van der Waals surface area contributed by atoms with Gasteiger partial charge in [-0.3, -0.25) is 4.79 Å². The summed E-state index contributed by atoms with van der Waals surface area (Å²) in [6.45, 7) is 0.673. The first-order chi connectivity index (χ1) is 9.86. The Balaban J connectivity index is 2.01. The van der Waals surface area contributed by atoms with Gasteiger partial charge in [0.15, 0.2) is 0 Å². The lowest BCUT2D eigenvalue weighted by atomic mass is 9.95. The Morgan fingerprint density at radius 1 is 1.38 bits per heavy atom. The lowest BCUT2D eigenvalue weighted by Crippen LogP contribution is -2.17. The molecule has 0 aromatic heterocycles. The number of carbonyl (C=O) groups excluding carboxylic acids is 1. The summed E-state index contributed by atoms with van der Waals surface area (Å²) in [7, 11) is 1.52. The minimum atomic E-state index is -4.44. The van der Waals surface area contributed by atoms with Crippen molar-refractivity contribution in [1.82, 2.24) is 4.90 Å². The van der Waals surface area contributed by atoms with Gasteiger partial charge in [0.1, 0.15) is 0 Å². The molecule has 0 aliphatic carbocycles. The van der Waals surface area contributed by atoms with Gasteiger partial charge in [-0.25, -0.2) is 0 Å². The van der Waals surface area contributed by atoms with E-state index in [1.54, 1.807) is 6.07 Å². The predicted molar refractivity (Wildman–Crippen MR) is 69.9 cm³/mol. The van der Waals surface area contributed by atoms with Crippen LogP contribution in [0.3, 0.4) is 0 Å². The molecule has 114 valence electrons. The van der Waals surface area contributed by atoms with Crippen LogP contribution in [-0.4, -0.2) is 30.6 Å². The summed E-state index contributed by atoms with van der Waals surface area (Å²) < 4.78 is 45.2. The average molecular weight is 299 g/mol. The SMILES string of the molecule is CN1Cc2c(cc(CC3CCCO3)cc2C(F)(F)F)C1=O. The van der Waals surface area contributed by atoms with Gasteiger partial charge in [0.2, 0.25) is 0 Å². The Morgan fingerprint density at radius 3 is 2.76 bits per heavy atom. The highest BCUT2D eigenvalue weighted by molar-refractivity contribution is 5.98. The van der Waals surface area contributed by atoms with Crippen LogP contribution in [0.5, 0.6) is 0 Å². The van der Waals surface area contributed by atoms with Crippen molar-refractivity contribution in [2.24, 2.45) is 0 Å². The van der Waals surface area contributed by atoms with E-state index < -0.39 is 11.7 Å². The van der Waals surface area contributed by atoms with Gasteiger partial charge in [-0.05, 0) is 42.5 Å². The van der Waals surface area contributed by atoms with Crippen molar-refractivity contribution in [2.45, 2.75) is 38.1 Å². The lowest BCUT2D eigenvalue weighted by Gasteiger charge is -2.15. The Kier molecular flexibility index (Phi) is 3.43. The third kappa shape index (κ3) is 2.64. The zero-order valence-electron chi connectivity index (χ0n) is 11.7. The Bertz CT molecular complexity index is 577. The summed E-state index contributed by atoms with van der Waals surface area (Å²) in [4.78, 5) is 13.3. The van der Waals surface area contributed by atoms with E-state index in [-0.39, 0.29) is 29.7 Å². The third-order valence-electron chi connectivity index (χ3n) is 4.07. The fourth-order valence-electron chi connectivity index (χ4n) is 3.05. The normalized spacial score (nSPS) is 22.0. The van der Waals surface area contributed by atoms with Crippen molar-refractivity contribution in [3.8, 4) is 0 Å². The molecule has 1 unspecified atom stereocenters. The van der Waals surface area contributed by atoms with Gasteiger partial charge >= 0.3 is 6.18 Å². The van der Waals surface area contributed by atoms with Crippen LogP contribution < -0.4 is 0 Å². The smallest absolute Gasteiger partial charge is 0.378 e. The van der Waals surface area contributed by atoms with E-state index >= 15 is 0 Å². The number of halogens is 3. The fourth-order valence-corrected chi connectivity index (χ4v) is 3.05. The van der Waals surface area contributed by atoms with Crippen LogP contribution >= 0.6 is 0 Å². The van der Waals surface area contributed by atoms with E-state index in [4.69, 9.17) is 4.74 Å². The summed E-state index contributed by atoms with van der Waals surface area (Å²) in [6.07, 6.45) is -2.27. The fraction of sp³-hybridized carbons (Fsp3) is 0.533. The lowest BCUT2D eigenvalue weighted by molar-refractivity contribution is -0.138. The van der Waals surface area contributed by atoms with Crippen LogP contribution in [0, 0.1) is 0 Å². The standard InChI is InChI=1S/C15H16F3NO2/c1-19-8-12-11(14(19)20)6-9(5-10-3-2-4-21-10)7-13(12)15(16,17)18/h6-7,10H,2-5,8H2,1H3. The van der Waals surface area contributed by atoms with Gasteiger partial charge in [0.05, 0.1) is 11.7 Å². The second kappa shape index (κ2) is 5.02. The number of rotatable bonds is 2. The molecule has 1 amide bonds. The maximum atomic E-state index is 13.2. The van der Waals surface area contributed by atoms with Crippen molar-refractivity contribution < 1.29 is 22.7 Å². The number of hydrogen-bond acceptors (Lipinski definition) is 2. The highest BCUT2D eigenvalue weighted by Crippen LogP contribution is 2.38. The van der Waals surface area contributed by atoms with Crippen molar-refractivity contribution >= 4 is 5.91 Å². The molecule has 0 spiro atoms. The quantitative estimate of drug-likeness (QED) is 0.840. The Hall–Kier alpha value is -1.56. The number of ether oxygens (including phenoxy) is 1. The molecular formula is C15H16F3NO2. The number of nitrogens with zero attached hydrogens (tertiary/aromatic N) is 1. The van der Waals surface area contributed by atoms with Crippen molar-refractivity contribution in [3.63, 3.8) is 0 Å². The summed E-state index contributed by atoms with van der Waals surface area (Å²) >= 11 is 0. The van der Waals surface area contributed by atoms with Gasteiger partial charge < -0.3 is 9.64 Å². The van der Waals surface area contributed by atoms with Crippen LogP contribution in [-0.2, 0) is 23.9 Å². The van der Waals surface area contributed by atoms with Crippen LogP contribution in [0.4, 0.5) is 13.2 Å². The third-order valence-corrected chi connectivity index (χ3v) is 4.07. The summed E-state index contributed by atoms with van der Waals surface area (Å²) in [5, 5.41) is 0. The molecule has 0 saturated carbocycles.